The van der Waals surface area contributed by atoms with Gasteiger partial charge in [-0.1, -0.05) is 159 Å². The van der Waals surface area contributed by atoms with Gasteiger partial charge < -0.3 is 0 Å². The van der Waals surface area contributed by atoms with E-state index >= 15 is 0 Å². The molecule has 0 heterocycles. The summed E-state index contributed by atoms with van der Waals surface area (Å²) in [4.78, 5) is 0. The van der Waals surface area contributed by atoms with Crippen molar-refractivity contribution in [3.05, 3.63) is 192 Å². The van der Waals surface area contributed by atoms with Crippen molar-refractivity contribution in [3.8, 4) is 50.6 Å². The fourth-order valence-electron chi connectivity index (χ4n) is 11.0. The van der Waals surface area contributed by atoms with Crippen molar-refractivity contribution in [2.45, 2.75) is 27.2 Å². The predicted octanol–water partition coefficient (Wildman–Crippen LogP) is 16.4. The summed E-state index contributed by atoms with van der Waals surface area (Å²) >= 11 is 0. The number of fused-ring (bicyclic) bond motifs is 8. The van der Waals surface area contributed by atoms with Crippen molar-refractivity contribution >= 4 is 75.4 Å². The smallest absolute Gasteiger partial charge is 0.0994 e. The molecule has 0 saturated heterocycles. The van der Waals surface area contributed by atoms with E-state index in [1.54, 1.807) is 0 Å². The molecule has 0 aromatic heterocycles. The first-order chi connectivity index (χ1) is 29.5. The minimum Gasteiger partial charge on any atom is -0.192 e. The molecule has 0 aliphatic rings. The summed E-state index contributed by atoms with van der Waals surface area (Å²) in [6.45, 7) is 6.62. The first kappa shape index (κ1) is 34.5. The van der Waals surface area contributed by atoms with Gasteiger partial charge >= 0.3 is 0 Å². The van der Waals surface area contributed by atoms with E-state index in [0.29, 0.717) is 0 Å². The van der Waals surface area contributed by atoms with Gasteiger partial charge in [-0.05, 0) is 175 Å². The summed E-state index contributed by atoms with van der Waals surface area (Å²) in [6, 6.07) is 65.6. The number of hydrogen-bond acceptors (Lipinski definition) is 1. The molecular formula is C59H39N. The van der Waals surface area contributed by atoms with Crippen LogP contribution in [0.5, 0.6) is 0 Å². The van der Waals surface area contributed by atoms with E-state index in [0.717, 1.165) is 23.1 Å². The molecule has 0 spiro atoms. The molecule has 60 heavy (non-hydrogen) atoms. The Labute approximate surface area is 349 Å². The predicted molar refractivity (Wildman–Crippen MR) is 257 cm³/mol. The van der Waals surface area contributed by atoms with Crippen LogP contribution >= 0.6 is 0 Å². The molecule has 0 unspecified atom stereocenters. The molecule has 1 heteroatoms. The lowest BCUT2D eigenvalue weighted by molar-refractivity contribution is 1.13. The molecule has 12 aromatic rings. The highest BCUT2D eigenvalue weighted by molar-refractivity contribution is 6.45. The van der Waals surface area contributed by atoms with E-state index in [-0.39, 0.29) is 0 Å². The molecule has 0 aliphatic heterocycles. The summed E-state index contributed by atoms with van der Waals surface area (Å²) < 4.78 is 0. The molecule has 0 fully saturated rings. The van der Waals surface area contributed by atoms with Crippen LogP contribution in [0.25, 0.3) is 120 Å². The Balaban J connectivity index is 1.23. The Bertz CT molecular complexity index is 3730. The minimum atomic E-state index is 0.755. The fraction of sp³-hybridized carbons (Fsp3) is 0.0678. The molecule has 280 valence electrons. The zero-order valence-corrected chi connectivity index (χ0v) is 33.8. The monoisotopic (exact) mass is 761 g/mol. The van der Waals surface area contributed by atoms with Crippen LogP contribution < -0.4 is 0 Å². The van der Waals surface area contributed by atoms with Crippen LogP contribution in [0.3, 0.4) is 0 Å². The Kier molecular flexibility index (Phi) is 7.47. The van der Waals surface area contributed by atoms with Gasteiger partial charge in [-0.15, -0.1) is 0 Å². The van der Waals surface area contributed by atoms with Crippen LogP contribution in [-0.2, 0) is 6.42 Å². The second-order valence-corrected chi connectivity index (χ2v) is 16.6. The quantitative estimate of drug-likeness (QED) is 0.160. The summed E-state index contributed by atoms with van der Waals surface area (Å²) in [5.74, 6) is 0. The standard InChI is InChI=1S/C59H39N/c1-4-36-31-39(25-26-40(36)33-60)41-29-34(2)52(35(3)30-41)46-27-28-49-55-45(46)22-14-24-48(55)58-53(37-15-7-5-8-16-37)51-32-50-43-20-12-11-19-42(43)44-21-13-23-47(56(44)50)57(51)54(59(49)58)38-17-9-6-10-18-38/h5-32H,4H2,1-3H3. The SMILES string of the molecule is CCc1cc(-c2cc(C)c(-c3ccc4c5c(-c6ccccc6)c6c(cc7c8ccccc8c8cccc6c87)c(-c6ccccc6)c5c5cccc3c54)c(C)c2)ccc1C#N. The van der Waals surface area contributed by atoms with Crippen molar-refractivity contribution in [3.63, 3.8) is 0 Å². The fourth-order valence-corrected chi connectivity index (χ4v) is 11.0. The van der Waals surface area contributed by atoms with Crippen LogP contribution in [0.4, 0.5) is 0 Å². The van der Waals surface area contributed by atoms with Gasteiger partial charge in [-0.2, -0.15) is 5.26 Å². The van der Waals surface area contributed by atoms with Gasteiger partial charge in [0.05, 0.1) is 11.6 Å². The highest BCUT2D eigenvalue weighted by atomic mass is 14.3. The summed E-state index contributed by atoms with van der Waals surface area (Å²) in [6.07, 6.45) is 0.829. The van der Waals surface area contributed by atoms with Gasteiger partial charge in [0.25, 0.3) is 0 Å². The van der Waals surface area contributed by atoms with E-state index < -0.39 is 0 Å². The average molecular weight is 762 g/mol. The number of hydrogen-bond donors (Lipinski definition) is 0. The van der Waals surface area contributed by atoms with Crippen LogP contribution in [0, 0.1) is 25.2 Å². The first-order valence-corrected chi connectivity index (χ1v) is 21.1. The van der Waals surface area contributed by atoms with Crippen LogP contribution in [0.15, 0.2) is 170 Å². The second-order valence-electron chi connectivity index (χ2n) is 16.6. The van der Waals surface area contributed by atoms with Gasteiger partial charge in [0.2, 0.25) is 0 Å². The van der Waals surface area contributed by atoms with Gasteiger partial charge in [0, 0.05) is 0 Å². The van der Waals surface area contributed by atoms with Crippen LogP contribution in [-0.4, -0.2) is 0 Å². The number of nitrogens with zero attached hydrogens (tertiary/aromatic N) is 1. The van der Waals surface area contributed by atoms with Crippen molar-refractivity contribution < 1.29 is 0 Å². The Morgan fingerprint density at radius 1 is 0.367 bits per heavy atom. The third-order valence-electron chi connectivity index (χ3n) is 13.4. The number of aryl methyl sites for hydroxylation is 3. The second kappa shape index (κ2) is 13.0. The lowest BCUT2D eigenvalue weighted by atomic mass is 9.84. The minimum absolute atomic E-state index is 0.755. The molecule has 1 nitrogen and oxygen atoms in total. The van der Waals surface area contributed by atoms with Gasteiger partial charge in [-0.3, -0.25) is 0 Å². The topological polar surface area (TPSA) is 23.8 Å². The molecule has 0 radical (unpaired) electrons. The first-order valence-electron chi connectivity index (χ1n) is 21.1. The van der Waals surface area contributed by atoms with E-state index in [2.05, 4.69) is 191 Å². The summed E-state index contributed by atoms with van der Waals surface area (Å²) in [5.41, 5.74) is 14.3. The Morgan fingerprint density at radius 2 is 0.917 bits per heavy atom. The molecule has 0 aliphatic carbocycles. The molecule has 0 atom stereocenters. The molecule has 0 amide bonds. The normalized spacial score (nSPS) is 12.0. The zero-order valence-electron chi connectivity index (χ0n) is 33.8. The van der Waals surface area contributed by atoms with E-state index in [1.165, 1.54) is 125 Å². The lowest BCUT2D eigenvalue weighted by Gasteiger charge is -2.19. The molecule has 12 aromatic carbocycles. The Morgan fingerprint density at radius 3 is 1.60 bits per heavy atom. The Hall–Kier alpha value is -7.53. The van der Waals surface area contributed by atoms with Gasteiger partial charge in [0.15, 0.2) is 0 Å². The third-order valence-corrected chi connectivity index (χ3v) is 13.4. The third kappa shape index (κ3) is 4.74. The lowest BCUT2D eigenvalue weighted by Crippen LogP contribution is -1.93. The largest absolute Gasteiger partial charge is 0.192 e. The highest BCUT2D eigenvalue weighted by Crippen LogP contribution is 2.55. The molecule has 0 bridgehead atoms. The summed E-state index contributed by atoms with van der Waals surface area (Å²) in [7, 11) is 0. The maximum atomic E-state index is 9.69. The van der Waals surface area contributed by atoms with Crippen molar-refractivity contribution in [2.75, 3.05) is 0 Å². The average Bonchev–Trinajstić information content (AvgIpc) is 3.80. The van der Waals surface area contributed by atoms with Crippen LogP contribution in [0.2, 0.25) is 0 Å². The van der Waals surface area contributed by atoms with E-state index in [4.69, 9.17) is 0 Å². The highest BCUT2D eigenvalue weighted by Gasteiger charge is 2.27. The van der Waals surface area contributed by atoms with Gasteiger partial charge in [-0.25, -0.2) is 0 Å². The van der Waals surface area contributed by atoms with Crippen molar-refractivity contribution in [2.24, 2.45) is 0 Å². The molecule has 0 saturated carbocycles. The molecule has 12 rings (SSSR count). The van der Waals surface area contributed by atoms with Crippen molar-refractivity contribution in [1.29, 1.82) is 5.26 Å². The van der Waals surface area contributed by atoms with E-state index in [1.807, 2.05) is 6.07 Å². The van der Waals surface area contributed by atoms with E-state index in [9.17, 15) is 5.26 Å². The number of nitriles is 1. The maximum absolute atomic E-state index is 9.69. The maximum Gasteiger partial charge on any atom is 0.0994 e. The van der Waals surface area contributed by atoms with Gasteiger partial charge in [0.1, 0.15) is 0 Å². The molecule has 0 N–H and O–H groups in total. The van der Waals surface area contributed by atoms with Crippen molar-refractivity contribution in [1.82, 2.24) is 0 Å². The number of benzene rings is 10. The zero-order chi connectivity index (χ0) is 40.2. The summed E-state index contributed by atoms with van der Waals surface area (Å²) in [5, 5.41) is 28.0. The van der Waals surface area contributed by atoms with Crippen LogP contribution in [0.1, 0.15) is 29.2 Å². The molecular weight excluding hydrogens is 723 g/mol. The number of rotatable bonds is 5.